The third kappa shape index (κ3) is 2.56. The Labute approximate surface area is 106 Å². The van der Waals surface area contributed by atoms with Crippen molar-refractivity contribution in [1.29, 1.82) is 0 Å². The molecule has 1 unspecified atom stereocenters. The number of anilines is 1. The van der Waals surface area contributed by atoms with E-state index in [1.54, 1.807) is 7.11 Å². The van der Waals surface area contributed by atoms with Crippen LogP contribution in [0.1, 0.15) is 12.8 Å². The summed E-state index contributed by atoms with van der Waals surface area (Å²) in [7, 11) is 1.60. The number of nitrogens with one attached hydrogen (secondary N) is 1. The lowest BCUT2D eigenvalue weighted by Crippen LogP contribution is -2.56. The Morgan fingerprint density at radius 3 is 3.00 bits per heavy atom. The number of methoxy groups -OCH3 is 1. The Bertz CT molecular complexity index is 428. The fourth-order valence-corrected chi connectivity index (χ4v) is 2.13. The fraction of sp³-hybridized carbons (Fsp3) is 0.462. The van der Waals surface area contributed by atoms with Crippen LogP contribution in [0.2, 0.25) is 0 Å². The van der Waals surface area contributed by atoms with Gasteiger partial charge in [0.2, 0.25) is 5.91 Å². The van der Waals surface area contributed by atoms with Gasteiger partial charge in [0.05, 0.1) is 13.7 Å². The molecule has 2 rings (SSSR count). The fourth-order valence-electron chi connectivity index (χ4n) is 2.13. The number of benzene rings is 1. The molecule has 98 valence electrons. The molecule has 3 N–H and O–H groups in total. The van der Waals surface area contributed by atoms with Gasteiger partial charge in [-0.3, -0.25) is 4.79 Å². The van der Waals surface area contributed by atoms with E-state index in [9.17, 15) is 4.79 Å². The van der Waals surface area contributed by atoms with Crippen LogP contribution in [-0.4, -0.2) is 31.8 Å². The molecule has 0 aliphatic carbocycles. The maximum absolute atomic E-state index is 11.7. The van der Waals surface area contributed by atoms with E-state index in [-0.39, 0.29) is 5.91 Å². The van der Waals surface area contributed by atoms with Crippen molar-refractivity contribution in [3.63, 3.8) is 0 Å². The van der Waals surface area contributed by atoms with Crippen molar-refractivity contribution in [2.45, 2.75) is 18.4 Å². The highest BCUT2D eigenvalue weighted by molar-refractivity contribution is 5.88. The molecule has 0 aromatic heterocycles. The molecule has 1 aliphatic rings. The van der Waals surface area contributed by atoms with Crippen LogP contribution in [-0.2, 0) is 9.53 Å². The Morgan fingerprint density at radius 1 is 1.56 bits per heavy atom. The molecule has 0 saturated carbocycles. The second kappa shape index (κ2) is 5.27. The highest BCUT2D eigenvalue weighted by atomic mass is 16.5. The number of rotatable bonds is 4. The van der Waals surface area contributed by atoms with Gasteiger partial charge in [0.15, 0.2) is 0 Å². The van der Waals surface area contributed by atoms with Crippen molar-refractivity contribution in [1.82, 2.24) is 0 Å². The number of nitrogens with two attached hydrogens (primary N) is 1. The molecule has 1 atom stereocenters. The van der Waals surface area contributed by atoms with Crippen molar-refractivity contribution < 1.29 is 14.3 Å². The van der Waals surface area contributed by atoms with Crippen LogP contribution in [0, 0.1) is 0 Å². The predicted molar refractivity (Wildman–Crippen MR) is 68.6 cm³/mol. The summed E-state index contributed by atoms with van der Waals surface area (Å²) >= 11 is 0. The minimum absolute atomic E-state index is 0.305. The maximum Gasteiger partial charge on any atom is 0.245 e. The van der Waals surface area contributed by atoms with Gasteiger partial charge in [-0.1, -0.05) is 6.07 Å². The average molecular weight is 250 g/mol. The molecule has 1 aliphatic heterocycles. The number of carbonyl (C=O) groups is 1. The molecule has 5 heteroatoms. The maximum atomic E-state index is 11.7. The van der Waals surface area contributed by atoms with Crippen molar-refractivity contribution in [3.8, 4) is 5.75 Å². The van der Waals surface area contributed by atoms with Gasteiger partial charge in [0, 0.05) is 18.4 Å². The molecule has 0 bridgehead atoms. The number of ether oxygens (including phenoxy) is 2. The molecule has 0 spiro atoms. The molecule has 0 radical (unpaired) electrons. The summed E-state index contributed by atoms with van der Waals surface area (Å²) in [6.07, 6.45) is 1.50. The molecule has 1 fully saturated rings. The minimum Gasteiger partial charge on any atom is -0.497 e. The molecule has 1 aromatic rings. The zero-order valence-corrected chi connectivity index (χ0v) is 10.4. The topological polar surface area (TPSA) is 73.6 Å². The number of hydrogen-bond donors (Lipinski definition) is 2. The van der Waals surface area contributed by atoms with Crippen LogP contribution < -0.4 is 15.8 Å². The lowest BCUT2D eigenvalue weighted by Gasteiger charge is -2.35. The second-order valence-corrected chi connectivity index (χ2v) is 4.46. The van der Waals surface area contributed by atoms with Crippen molar-refractivity contribution in [2.24, 2.45) is 5.73 Å². The predicted octanol–water partition coefficient (Wildman–Crippen LogP) is 1.14. The third-order valence-electron chi connectivity index (χ3n) is 3.17. The smallest absolute Gasteiger partial charge is 0.245 e. The van der Waals surface area contributed by atoms with Crippen LogP contribution in [0.25, 0.3) is 0 Å². The normalized spacial score (nSPS) is 23.4. The average Bonchev–Trinajstić information content (AvgIpc) is 2.40. The Balaban J connectivity index is 2.20. The lowest BCUT2D eigenvalue weighted by molar-refractivity contribution is -0.126. The number of carbonyl (C=O) groups excluding carboxylic acids is 1. The van der Waals surface area contributed by atoms with Gasteiger partial charge >= 0.3 is 0 Å². The van der Waals surface area contributed by atoms with E-state index in [4.69, 9.17) is 15.2 Å². The van der Waals surface area contributed by atoms with Crippen LogP contribution in [0.5, 0.6) is 5.75 Å². The van der Waals surface area contributed by atoms with Gasteiger partial charge in [0.1, 0.15) is 11.3 Å². The van der Waals surface area contributed by atoms with E-state index in [0.29, 0.717) is 19.6 Å². The van der Waals surface area contributed by atoms with Gasteiger partial charge in [-0.2, -0.15) is 0 Å². The summed E-state index contributed by atoms with van der Waals surface area (Å²) in [6.45, 7) is 0.981. The molecule has 1 saturated heterocycles. The Hall–Kier alpha value is -1.75. The summed E-state index contributed by atoms with van der Waals surface area (Å²) in [5.41, 5.74) is 5.50. The third-order valence-corrected chi connectivity index (χ3v) is 3.17. The van der Waals surface area contributed by atoms with E-state index in [2.05, 4.69) is 5.32 Å². The SMILES string of the molecule is COc1cccc(NC2(C(N)=O)CCCOC2)c1. The lowest BCUT2D eigenvalue weighted by atomic mass is 9.91. The van der Waals surface area contributed by atoms with Crippen LogP contribution in [0.3, 0.4) is 0 Å². The molecule has 5 nitrogen and oxygen atoms in total. The van der Waals surface area contributed by atoms with Crippen LogP contribution in [0.4, 0.5) is 5.69 Å². The highest BCUT2D eigenvalue weighted by Crippen LogP contribution is 2.26. The van der Waals surface area contributed by atoms with E-state index in [1.165, 1.54) is 0 Å². The molecule has 1 amide bonds. The van der Waals surface area contributed by atoms with E-state index < -0.39 is 5.54 Å². The Morgan fingerprint density at radius 2 is 2.39 bits per heavy atom. The summed E-state index contributed by atoms with van der Waals surface area (Å²) in [6, 6.07) is 7.42. The number of primary amides is 1. The van der Waals surface area contributed by atoms with Gasteiger partial charge in [-0.05, 0) is 25.0 Å². The van der Waals surface area contributed by atoms with Crippen molar-refractivity contribution in [2.75, 3.05) is 25.6 Å². The van der Waals surface area contributed by atoms with Crippen molar-refractivity contribution in [3.05, 3.63) is 24.3 Å². The van der Waals surface area contributed by atoms with Crippen LogP contribution in [0.15, 0.2) is 24.3 Å². The van der Waals surface area contributed by atoms with Crippen molar-refractivity contribution >= 4 is 11.6 Å². The standard InChI is InChI=1S/C13H18N2O3/c1-17-11-5-2-4-10(8-11)15-13(12(14)16)6-3-7-18-9-13/h2,4-5,8,15H,3,6-7,9H2,1H3,(H2,14,16). The molecular weight excluding hydrogens is 232 g/mol. The number of amides is 1. The molecule has 18 heavy (non-hydrogen) atoms. The van der Waals surface area contributed by atoms with Gasteiger partial charge in [-0.15, -0.1) is 0 Å². The molecule has 1 aromatic carbocycles. The summed E-state index contributed by atoms with van der Waals surface area (Å²) in [4.78, 5) is 11.7. The molecule has 1 heterocycles. The largest absolute Gasteiger partial charge is 0.497 e. The van der Waals surface area contributed by atoms with E-state index in [0.717, 1.165) is 17.9 Å². The first kappa shape index (κ1) is 12.7. The van der Waals surface area contributed by atoms with Crippen LogP contribution >= 0.6 is 0 Å². The van der Waals surface area contributed by atoms with E-state index in [1.807, 2.05) is 24.3 Å². The Kier molecular flexibility index (Phi) is 3.72. The van der Waals surface area contributed by atoms with Gasteiger partial charge in [-0.25, -0.2) is 0 Å². The summed E-state index contributed by atoms with van der Waals surface area (Å²) in [5, 5.41) is 3.19. The quantitative estimate of drug-likeness (QED) is 0.840. The first-order valence-electron chi connectivity index (χ1n) is 5.96. The highest BCUT2D eigenvalue weighted by Gasteiger charge is 2.38. The number of hydrogen-bond acceptors (Lipinski definition) is 4. The summed E-state index contributed by atoms with van der Waals surface area (Å²) < 4.78 is 10.5. The second-order valence-electron chi connectivity index (χ2n) is 4.46. The zero-order valence-electron chi connectivity index (χ0n) is 10.4. The van der Waals surface area contributed by atoms with E-state index >= 15 is 0 Å². The van der Waals surface area contributed by atoms with Gasteiger partial charge < -0.3 is 20.5 Å². The first-order valence-corrected chi connectivity index (χ1v) is 5.96. The first-order chi connectivity index (χ1) is 8.66. The monoisotopic (exact) mass is 250 g/mol. The molecular formula is C13H18N2O3. The van der Waals surface area contributed by atoms with Gasteiger partial charge in [0.25, 0.3) is 0 Å². The summed E-state index contributed by atoms with van der Waals surface area (Å²) in [5.74, 6) is 0.348. The minimum atomic E-state index is -0.815. The zero-order chi connectivity index (χ0) is 13.0.